The summed E-state index contributed by atoms with van der Waals surface area (Å²) in [6.45, 7) is 3.57. The van der Waals surface area contributed by atoms with Crippen molar-refractivity contribution in [3.8, 4) is 0 Å². The first-order chi connectivity index (χ1) is 12.5. The summed E-state index contributed by atoms with van der Waals surface area (Å²) in [5.41, 5.74) is 3.39. The molecule has 4 nitrogen and oxygen atoms in total. The zero-order valence-corrected chi connectivity index (χ0v) is 16.2. The van der Waals surface area contributed by atoms with E-state index in [1.165, 1.54) is 0 Å². The second-order valence-corrected chi connectivity index (χ2v) is 6.85. The number of ketones is 1. The molecule has 0 aliphatic heterocycles. The van der Waals surface area contributed by atoms with E-state index < -0.39 is 5.97 Å². The third kappa shape index (κ3) is 3.68. The van der Waals surface area contributed by atoms with Crippen LogP contribution in [0.5, 0.6) is 0 Å². The van der Waals surface area contributed by atoms with Crippen molar-refractivity contribution in [3.63, 3.8) is 0 Å². The number of aromatic nitrogens is 1. The molecule has 5 heteroatoms. The standard InChI is InChI=1S/C21H18BrNO3/c1-3-17-13(2)20(16-6-4-5-7-18(16)23-17)21(25)26-12-19(24)14-8-10-15(22)11-9-14/h4-11H,3,12H2,1-2H3. The van der Waals surface area contributed by atoms with Gasteiger partial charge in [0.15, 0.2) is 12.4 Å². The molecule has 0 saturated heterocycles. The lowest BCUT2D eigenvalue weighted by Crippen LogP contribution is -2.16. The van der Waals surface area contributed by atoms with Crippen molar-refractivity contribution in [1.29, 1.82) is 0 Å². The minimum absolute atomic E-state index is 0.238. The smallest absolute Gasteiger partial charge is 0.339 e. The number of benzene rings is 2. The van der Waals surface area contributed by atoms with Crippen LogP contribution in [-0.2, 0) is 11.2 Å². The molecule has 0 unspecified atom stereocenters. The molecule has 0 bridgehead atoms. The van der Waals surface area contributed by atoms with E-state index in [-0.39, 0.29) is 12.4 Å². The Kier molecular flexibility index (Phi) is 5.47. The number of nitrogens with zero attached hydrogens (tertiary/aromatic N) is 1. The van der Waals surface area contributed by atoms with Crippen LogP contribution in [0.15, 0.2) is 53.0 Å². The van der Waals surface area contributed by atoms with Crippen molar-refractivity contribution in [3.05, 3.63) is 75.4 Å². The van der Waals surface area contributed by atoms with E-state index in [0.29, 0.717) is 11.1 Å². The first-order valence-corrected chi connectivity index (χ1v) is 9.14. The summed E-state index contributed by atoms with van der Waals surface area (Å²) in [4.78, 5) is 29.6. The van der Waals surface area contributed by atoms with E-state index in [0.717, 1.165) is 33.1 Å². The molecular formula is C21H18BrNO3. The summed E-state index contributed by atoms with van der Waals surface area (Å²) >= 11 is 3.33. The zero-order valence-electron chi connectivity index (χ0n) is 14.6. The van der Waals surface area contributed by atoms with Gasteiger partial charge < -0.3 is 4.74 Å². The quantitative estimate of drug-likeness (QED) is 0.442. The lowest BCUT2D eigenvalue weighted by molar-refractivity contribution is 0.0476. The number of hydrogen-bond donors (Lipinski definition) is 0. The monoisotopic (exact) mass is 411 g/mol. The number of hydrogen-bond acceptors (Lipinski definition) is 4. The van der Waals surface area contributed by atoms with Crippen LogP contribution in [0.25, 0.3) is 10.9 Å². The average Bonchev–Trinajstić information content (AvgIpc) is 2.66. The Hall–Kier alpha value is -2.53. The second-order valence-electron chi connectivity index (χ2n) is 5.94. The van der Waals surface area contributed by atoms with Gasteiger partial charge in [-0.3, -0.25) is 9.78 Å². The molecule has 0 saturated carbocycles. The lowest BCUT2D eigenvalue weighted by Gasteiger charge is -2.13. The van der Waals surface area contributed by atoms with Gasteiger partial charge in [-0.1, -0.05) is 53.2 Å². The average molecular weight is 412 g/mol. The highest BCUT2D eigenvalue weighted by atomic mass is 79.9. The van der Waals surface area contributed by atoms with Crippen molar-refractivity contribution < 1.29 is 14.3 Å². The van der Waals surface area contributed by atoms with Crippen molar-refractivity contribution in [2.75, 3.05) is 6.61 Å². The molecule has 0 amide bonds. The predicted molar refractivity (Wildman–Crippen MR) is 105 cm³/mol. The molecular weight excluding hydrogens is 394 g/mol. The lowest BCUT2D eigenvalue weighted by atomic mass is 10.0. The number of fused-ring (bicyclic) bond motifs is 1. The number of aryl methyl sites for hydroxylation is 1. The van der Waals surface area contributed by atoms with Crippen LogP contribution in [-0.4, -0.2) is 23.3 Å². The largest absolute Gasteiger partial charge is 0.454 e. The number of carbonyl (C=O) groups is 2. The zero-order chi connectivity index (χ0) is 18.7. The first kappa shape index (κ1) is 18.3. The topological polar surface area (TPSA) is 56.3 Å². The summed E-state index contributed by atoms with van der Waals surface area (Å²) in [7, 11) is 0. The van der Waals surface area contributed by atoms with E-state index in [4.69, 9.17) is 4.74 Å². The number of Topliss-reactive ketones (excluding diaryl/α,β-unsaturated/α-hetero) is 1. The number of halogens is 1. The van der Waals surface area contributed by atoms with Gasteiger partial charge in [0.25, 0.3) is 0 Å². The van der Waals surface area contributed by atoms with Gasteiger partial charge in [0.05, 0.1) is 11.1 Å². The summed E-state index contributed by atoms with van der Waals surface area (Å²) < 4.78 is 6.22. The fourth-order valence-corrected chi connectivity index (χ4v) is 3.15. The number of para-hydroxylation sites is 1. The Bertz CT molecular complexity index is 980. The van der Waals surface area contributed by atoms with Gasteiger partial charge in [-0.25, -0.2) is 4.79 Å². The highest BCUT2D eigenvalue weighted by molar-refractivity contribution is 9.10. The highest BCUT2D eigenvalue weighted by Gasteiger charge is 2.19. The second kappa shape index (κ2) is 7.79. The maximum Gasteiger partial charge on any atom is 0.339 e. The minimum atomic E-state index is -0.499. The fraction of sp³-hybridized carbons (Fsp3) is 0.190. The van der Waals surface area contributed by atoms with Crippen molar-refractivity contribution in [2.24, 2.45) is 0 Å². The summed E-state index contributed by atoms with van der Waals surface area (Å²) in [5, 5.41) is 0.739. The molecule has 0 fully saturated rings. The number of rotatable bonds is 5. The van der Waals surface area contributed by atoms with E-state index in [1.807, 2.05) is 38.1 Å². The molecule has 3 aromatic rings. The predicted octanol–water partition coefficient (Wildman–Crippen LogP) is 4.91. The van der Waals surface area contributed by atoms with E-state index in [2.05, 4.69) is 20.9 Å². The SMILES string of the molecule is CCc1nc2ccccc2c(C(=O)OCC(=O)c2ccc(Br)cc2)c1C. The normalized spacial score (nSPS) is 10.7. The highest BCUT2D eigenvalue weighted by Crippen LogP contribution is 2.24. The third-order valence-corrected chi connectivity index (χ3v) is 4.80. The van der Waals surface area contributed by atoms with Gasteiger partial charge in [-0.2, -0.15) is 0 Å². The van der Waals surface area contributed by atoms with Gasteiger partial charge in [0, 0.05) is 21.1 Å². The molecule has 0 N–H and O–H groups in total. The molecule has 0 radical (unpaired) electrons. The number of carbonyl (C=O) groups excluding carboxylic acids is 2. The van der Waals surface area contributed by atoms with Gasteiger partial charge in [0.2, 0.25) is 0 Å². The number of ether oxygens (including phenoxy) is 1. The number of esters is 1. The van der Waals surface area contributed by atoms with Crippen LogP contribution in [0.4, 0.5) is 0 Å². The summed E-state index contributed by atoms with van der Waals surface area (Å²) in [6.07, 6.45) is 0.717. The fourth-order valence-electron chi connectivity index (χ4n) is 2.89. The summed E-state index contributed by atoms with van der Waals surface area (Å²) in [6, 6.07) is 14.4. The van der Waals surface area contributed by atoms with E-state index >= 15 is 0 Å². The Morgan fingerprint density at radius 1 is 1.08 bits per heavy atom. The minimum Gasteiger partial charge on any atom is -0.454 e. The Morgan fingerprint density at radius 2 is 1.77 bits per heavy atom. The first-order valence-electron chi connectivity index (χ1n) is 8.35. The van der Waals surface area contributed by atoms with Crippen LogP contribution < -0.4 is 0 Å². The van der Waals surface area contributed by atoms with Crippen molar-refractivity contribution in [2.45, 2.75) is 20.3 Å². The van der Waals surface area contributed by atoms with Crippen molar-refractivity contribution in [1.82, 2.24) is 4.98 Å². The maximum absolute atomic E-state index is 12.7. The molecule has 3 rings (SSSR count). The van der Waals surface area contributed by atoms with Crippen LogP contribution in [0, 0.1) is 6.92 Å². The Labute approximate surface area is 160 Å². The van der Waals surface area contributed by atoms with Crippen LogP contribution >= 0.6 is 15.9 Å². The molecule has 26 heavy (non-hydrogen) atoms. The molecule has 0 aliphatic carbocycles. The van der Waals surface area contributed by atoms with E-state index in [1.54, 1.807) is 24.3 Å². The third-order valence-electron chi connectivity index (χ3n) is 4.28. The number of pyridine rings is 1. The van der Waals surface area contributed by atoms with Crippen LogP contribution in [0.1, 0.15) is 38.9 Å². The Morgan fingerprint density at radius 3 is 2.46 bits per heavy atom. The molecule has 1 heterocycles. The van der Waals surface area contributed by atoms with Crippen LogP contribution in [0.2, 0.25) is 0 Å². The molecule has 0 atom stereocenters. The van der Waals surface area contributed by atoms with Crippen LogP contribution in [0.3, 0.4) is 0 Å². The van der Waals surface area contributed by atoms with Crippen molar-refractivity contribution >= 4 is 38.6 Å². The van der Waals surface area contributed by atoms with Gasteiger partial charge in [-0.15, -0.1) is 0 Å². The molecule has 0 spiro atoms. The van der Waals surface area contributed by atoms with E-state index in [9.17, 15) is 9.59 Å². The van der Waals surface area contributed by atoms with Gasteiger partial charge in [-0.05, 0) is 37.1 Å². The molecule has 1 aromatic heterocycles. The molecule has 2 aromatic carbocycles. The maximum atomic E-state index is 12.7. The molecule has 0 aliphatic rings. The van der Waals surface area contributed by atoms with Gasteiger partial charge in [0.1, 0.15) is 0 Å². The Balaban J connectivity index is 1.87. The van der Waals surface area contributed by atoms with Gasteiger partial charge >= 0.3 is 5.97 Å². The summed E-state index contributed by atoms with van der Waals surface area (Å²) in [5.74, 6) is -0.737. The molecule has 132 valence electrons.